The second-order valence-electron chi connectivity index (χ2n) is 7.42. The highest BCUT2D eigenvalue weighted by atomic mass is 32.2. The molecule has 1 aliphatic carbocycles. The molecule has 26 heavy (non-hydrogen) atoms. The Kier molecular flexibility index (Phi) is 4.06. The average molecular weight is 370 g/mol. The summed E-state index contributed by atoms with van der Waals surface area (Å²) >= 11 is 1.49. The van der Waals surface area contributed by atoms with Crippen molar-refractivity contribution < 1.29 is 9.53 Å². The number of ketones is 1. The lowest BCUT2D eigenvalue weighted by atomic mass is 9.72. The number of methoxy groups -OCH3 is 1. The Morgan fingerprint density at radius 3 is 2.92 bits per heavy atom. The van der Waals surface area contributed by atoms with E-state index in [-0.39, 0.29) is 23.2 Å². The Hall–Kier alpha value is -2.28. The van der Waals surface area contributed by atoms with Crippen LogP contribution in [0.3, 0.4) is 0 Å². The predicted molar refractivity (Wildman–Crippen MR) is 102 cm³/mol. The van der Waals surface area contributed by atoms with Gasteiger partial charge in [-0.05, 0) is 29.4 Å². The van der Waals surface area contributed by atoms with Crippen LogP contribution in [0.4, 0.5) is 5.95 Å². The summed E-state index contributed by atoms with van der Waals surface area (Å²) < 4.78 is 7.24. The minimum Gasteiger partial charge on any atom is -0.497 e. The van der Waals surface area contributed by atoms with Gasteiger partial charge in [-0.2, -0.15) is 4.98 Å². The molecule has 7 heteroatoms. The van der Waals surface area contributed by atoms with Crippen LogP contribution in [-0.4, -0.2) is 33.9 Å². The molecular formula is C19H22N4O2S. The van der Waals surface area contributed by atoms with Crippen molar-refractivity contribution in [2.45, 2.75) is 31.5 Å². The van der Waals surface area contributed by atoms with Crippen molar-refractivity contribution in [1.29, 1.82) is 0 Å². The monoisotopic (exact) mass is 370 g/mol. The molecule has 0 amide bonds. The first-order valence-electron chi connectivity index (χ1n) is 8.59. The number of carbonyl (C=O) groups excluding carboxylic acids is 1. The van der Waals surface area contributed by atoms with E-state index in [9.17, 15) is 4.79 Å². The standard InChI is InChI=1S/C19H22N4O2S/c1-19(2)9-13-15(14(24)10-19)16(11-6-5-7-12(8-11)25-3)23-17(20-13)21-18(22-23)26-4/h5-9,15-16H,10H2,1-4H3,(H,20,21,22)/t15-,16-/m1/s1. The molecule has 136 valence electrons. The van der Waals surface area contributed by atoms with Crippen molar-refractivity contribution in [1.82, 2.24) is 14.8 Å². The molecule has 0 saturated heterocycles. The van der Waals surface area contributed by atoms with Gasteiger partial charge in [0.15, 0.2) is 0 Å². The second-order valence-corrected chi connectivity index (χ2v) is 8.20. The van der Waals surface area contributed by atoms with Gasteiger partial charge in [-0.1, -0.05) is 43.8 Å². The molecule has 0 radical (unpaired) electrons. The van der Waals surface area contributed by atoms with Crippen molar-refractivity contribution in [3.63, 3.8) is 0 Å². The molecule has 0 bridgehead atoms. The molecule has 1 aliphatic heterocycles. The lowest BCUT2D eigenvalue weighted by Gasteiger charge is -2.40. The van der Waals surface area contributed by atoms with Crippen LogP contribution >= 0.6 is 11.8 Å². The highest BCUT2D eigenvalue weighted by molar-refractivity contribution is 7.98. The topological polar surface area (TPSA) is 69.0 Å². The van der Waals surface area contributed by atoms with E-state index in [1.165, 1.54) is 11.8 Å². The highest BCUT2D eigenvalue weighted by Gasteiger charge is 2.45. The molecule has 0 unspecified atom stereocenters. The largest absolute Gasteiger partial charge is 0.497 e. The van der Waals surface area contributed by atoms with Crippen molar-refractivity contribution in [3.05, 3.63) is 41.6 Å². The van der Waals surface area contributed by atoms with Crippen LogP contribution in [0.25, 0.3) is 0 Å². The van der Waals surface area contributed by atoms with Crippen molar-refractivity contribution >= 4 is 23.5 Å². The van der Waals surface area contributed by atoms with Crippen LogP contribution < -0.4 is 10.1 Å². The number of allylic oxidation sites excluding steroid dienone is 2. The van der Waals surface area contributed by atoms with Crippen LogP contribution in [0.5, 0.6) is 5.75 Å². The molecule has 1 aromatic carbocycles. The van der Waals surface area contributed by atoms with Crippen molar-refractivity contribution in [2.24, 2.45) is 11.3 Å². The molecule has 2 heterocycles. The van der Waals surface area contributed by atoms with Gasteiger partial charge in [-0.3, -0.25) is 4.79 Å². The summed E-state index contributed by atoms with van der Waals surface area (Å²) in [7, 11) is 1.65. The Labute approximate surface area is 157 Å². The molecule has 0 spiro atoms. The van der Waals surface area contributed by atoms with E-state index in [0.29, 0.717) is 17.5 Å². The fraction of sp³-hybridized carbons (Fsp3) is 0.421. The summed E-state index contributed by atoms with van der Waals surface area (Å²) in [6.45, 7) is 4.17. The molecule has 0 saturated carbocycles. The Morgan fingerprint density at radius 1 is 1.38 bits per heavy atom. The van der Waals surface area contributed by atoms with Gasteiger partial charge in [-0.25, -0.2) is 4.68 Å². The predicted octanol–water partition coefficient (Wildman–Crippen LogP) is 3.52. The number of Topliss-reactive ketones (excluding diaryl/α,β-unsaturated/α-hetero) is 1. The van der Waals surface area contributed by atoms with Gasteiger partial charge in [-0.15, -0.1) is 5.10 Å². The van der Waals surface area contributed by atoms with Crippen molar-refractivity contribution in [3.8, 4) is 5.75 Å². The second kappa shape index (κ2) is 6.16. The zero-order chi connectivity index (χ0) is 18.5. The van der Waals surface area contributed by atoms with Crippen LogP contribution in [-0.2, 0) is 4.79 Å². The molecule has 1 N–H and O–H groups in total. The van der Waals surface area contributed by atoms with Crippen molar-refractivity contribution in [2.75, 3.05) is 18.7 Å². The lowest BCUT2D eigenvalue weighted by molar-refractivity contribution is -0.125. The zero-order valence-corrected chi connectivity index (χ0v) is 16.1. The number of hydrogen-bond acceptors (Lipinski definition) is 6. The molecule has 1 aromatic heterocycles. The van der Waals surface area contributed by atoms with E-state index < -0.39 is 0 Å². The van der Waals surface area contributed by atoms with E-state index in [2.05, 4.69) is 35.3 Å². The lowest BCUT2D eigenvalue weighted by Crippen LogP contribution is -2.42. The van der Waals surface area contributed by atoms with E-state index in [1.807, 2.05) is 35.2 Å². The summed E-state index contributed by atoms with van der Waals surface area (Å²) in [5.41, 5.74) is 1.75. The first kappa shape index (κ1) is 17.1. The number of hydrogen-bond donors (Lipinski definition) is 1. The summed E-state index contributed by atoms with van der Waals surface area (Å²) in [5.74, 6) is 1.37. The maximum absolute atomic E-state index is 13.1. The summed E-state index contributed by atoms with van der Waals surface area (Å²) in [5, 5.41) is 8.67. The van der Waals surface area contributed by atoms with Gasteiger partial charge in [0.25, 0.3) is 0 Å². The molecule has 2 aliphatic rings. The van der Waals surface area contributed by atoms with E-state index in [1.54, 1.807) is 7.11 Å². The number of carbonyl (C=O) groups is 1. The zero-order valence-electron chi connectivity index (χ0n) is 15.3. The van der Waals surface area contributed by atoms with Crippen LogP contribution in [0.1, 0.15) is 31.9 Å². The van der Waals surface area contributed by atoms with Gasteiger partial charge in [0, 0.05) is 12.1 Å². The third-order valence-electron chi connectivity index (χ3n) is 4.92. The molecule has 2 atom stereocenters. The Bertz CT molecular complexity index is 903. The van der Waals surface area contributed by atoms with Gasteiger partial charge >= 0.3 is 0 Å². The quantitative estimate of drug-likeness (QED) is 0.834. The Morgan fingerprint density at radius 2 is 2.19 bits per heavy atom. The molecule has 6 nitrogen and oxygen atoms in total. The number of ether oxygens (including phenoxy) is 1. The Balaban J connectivity index is 1.91. The fourth-order valence-corrected chi connectivity index (χ4v) is 4.20. The summed E-state index contributed by atoms with van der Waals surface area (Å²) in [6, 6.07) is 7.62. The summed E-state index contributed by atoms with van der Waals surface area (Å²) in [6.07, 6.45) is 4.63. The van der Waals surface area contributed by atoms with Gasteiger partial charge in [0.2, 0.25) is 11.1 Å². The molecule has 4 rings (SSSR count). The maximum Gasteiger partial charge on any atom is 0.227 e. The normalized spacial score (nSPS) is 23.5. The fourth-order valence-electron chi connectivity index (χ4n) is 3.85. The highest BCUT2D eigenvalue weighted by Crippen LogP contribution is 2.45. The average Bonchev–Trinajstić information content (AvgIpc) is 3.01. The number of rotatable bonds is 3. The van der Waals surface area contributed by atoms with Crippen LogP contribution in [0.2, 0.25) is 0 Å². The van der Waals surface area contributed by atoms with E-state index in [4.69, 9.17) is 4.74 Å². The first-order valence-corrected chi connectivity index (χ1v) is 9.81. The SMILES string of the molecule is COc1cccc([C@@H]2[C@H]3C(=O)CC(C)(C)C=C3Nc3nc(SC)nn32)c1. The number of thioether (sulfide) groups is 1. The van der Waals surface area contributed by atoms with Gasteiger partial charge in [0.05, 0.1) is 19.1 Å². The number of fused-ring (bicyclic) bond motifs is 2. The molecule has 2 aromatic rings. The molecular weight excluding hydrogens is 348 g/mol. The van der Waals surface area contributed by atoms with Gasteiger partial charge in [0.1, 0.15) is 11.5 Å². The number of benzene rings is 1. The van der Waals surface area contributed by atoms with E-state index >= 15 is 0 Å². The summed E-state index contributed by atoms with van der Waals surface area (Å²) in [4.78, 5) is 17.7. The minimum absolute atomic E-state index is 0.167. The number of nitrogens with zero attached hydrogens (tertiary/aromatic N) is 3. The third-order valence-corrected chi connectivity index (χ3v) is 5.46. The van der Waals surface area contributed by atoms with Gasteiger partial charge < -0.3 is 10.1 Å². The van der Waals surface area contributed by atoms with E-state index in [0.717, 1.165) is 17.0 Å². The number of anilines is 1. The molecule has 0 fully saturated rings. The first-order chi connectivity index (χ1) is 12.4. The third kappa shape index (κ3) is 2.80. The number of aromatic nitrogens is 3. The smallest absolute Gasteiger partial charge is 0.227 e. The van der Waals surface area contributed by atoms with Crippen LogP contribution in [0, 0.1) is 11.3 Å². The number of nitrogens with one attached hydrogen (secondary N) is 1. The maximum atomic E-state index is 13.1. The minimum atomic E-state index is -0.293. The van der Waals surface area contributed by atoms with Crippen LogP contribution in [0.15, 0.2) is 41.2 Å².